The molecule has 2 heterocycles. The Kier molecular flexibility index (Phi) is 2.56. The molecule has 1 unspecified atom stereocenters. The first-order chi connectivity index (χ1) is 6.27. The fourth-order valence-electron chi connectivity index (χ4n) is 2.52. The summed E-state index contributed by atoms with van der Waals surface area (Å²) in [7, 11) is 0. The SMILES string of the molecule is CC(C)CC1CCN2CCCN=C12. The number of fused-ring (bicyclic) bond motifs is 1. The van der Waals surface area contributed by atoms with Crippen LogP contribution in [0.3, 0.4) is 0 Å². The normalized spacial score (nSPS) is 27.8. The third-order valence-electron chi connectivity index (χ3n) is 3.05. The van der Waals surface area contributed by atoms with Crippen molar-refractivity contribution in [1.82, 2.24) is 4.90 Å². The summed E-state index contributed by atoms with van der Waals surface area (Å²) in [4.78, 5) is 7.17. The van der Waals surface area contributed by atoms with Crippen LogP contribution in [0, 0.1) is 11.8 Å². The van der Waals surface area contributed by atoms with E-state index in [1.54, 1.807) is 0 Å². The van der Waals surface area contributed by atoms with E-state index in [4.69, 9.17) is 0 Å². The summed E-state index contributed by atoms with van der Waals surface area (Å²) in [6.45, 7) is 8.21. The van der Waals surface area contributed by atoms with Crippen LogP contribution in [0.15, 0.2) is 4.99 Å². The molecule has 0 aromatic heterocycles. The Morgan fingerprint density at radius 2 is 2.31 bits per heavy atom. The second kappa shape index (κ2) is 3.69. The standard InChI is InChI=1S/C11H20N2/c1-9(2)8-10-4-7-13-6-3-5-12-11(10)13/h9-10H,3-8H2,1-2H3. The van der Waals surface area contributed by atoms with Crippen molar-refractivity contribution in [2.45, 2.75) is 33.1 Å². The molecule has 2 aliphatic rings. The van der Waals surface area contributed by atoms with Gasteiger partial charge in [-0.15, -0.1) is 0 Å². The lowest BCUT2D eigenvalue weighted by molar-refractivity contribution is 0.427. The number of hydrogen-bond acceptors (Lipinski definition) is 2. The van der Waals surface area contributed by atoms with E-state index in [0.717, 1.165) is 18.4 Å². The molecule has 0 spiro atoms. The molecule has 0 N–H and O–H groups in total. The molecule has 74 valence electrons. The second-order valence-electron chi connectivity index (χ2n) is 4.70. The molecule has 2 heteroatoms. The van der Waals surface area contributed by atoms with Gasteiger partial charge in [0.15, 0.2) is 0 Å². The van der Waals surface area contributed by atoms with Crippen LogP contribution >= 0.6 is 0 Å². The molecule has 0 radical (unpaired) electrons. The Morgan fingerprint density at radius 1 is 1.46 bits per heavy atom. The van der Waals surface area contributed by atoms with Gasteiger partial charge in [-0.25, -0.2) is 0 Å². The highest BCUT2D eigenvalue weighted by molar-refractivity contribution is 5.87. The molecular formula is C11H20N2. The van der Waals surface area contributed by atoms with Crippen LogP contribution in [-0.2, 0) is 0 Å². The number of amidine groups is 1. The summed E-state index contributed by atoms with van der Waals surface area (Å²) < 4.78 is 0. The van der Waals surface area contributed by atoms with Crippen LogP contribution in [0.5, 0.6) is 0 Å². The van der Waals surface area contributed by atoms with Gasteiger partial charge < -0.3 is 4.90 Å². The molecule has 2 nitrogen and oxygen atoms in total. The predicted octanol–water partition coefficient (Wildman–Crippen LogP) is 2.16. The van der Waals surface area contributed by atoms with Crippen LogP contribution in [0.25, 0.3) is 0 Å². The van der Waals surface area contributed by atoms with E-state index in [1.807, 2.05) is 0 Å². The molecule has 0 bridgehead atoms. The zero-order valence-corrected chi connectivity index (χ0v) is 8.79. The van der Waals surface area contributed by atoms with Crippen LogP contribution in [0.4, 0.5) is 0 Å². The number of aliphatic imine (C=N–C) groups is 1. The Labute approximate surface area is 81.0 Å². The van der Waals surface area contributed by atoms with Gasteiger partial charge in [-0.3, -0.25) is 4.99 Å². The van der Waals surface area contributed by atoms with Crippen LogP contribution in [0.1, 0.15) is 33.1 Å². The first-order valence-electron chi connectivity index (χ1n) is 5.56. The highest BCUT2D eigenvalue weighted by atomic mass is 15.2. The van der Waals surface area contributed by atoms with E-state index >= 15 is 0 Å². The molecule has 1 saturated heterocycles. The minimum Gasteiger partial charge on any atom is -0.360 e. The minimum absolute atomic E-state index is 0.778. The first-order valence-corrected chi connectivity index (χ1v) is 5.56. The average Bonchev–Trinajstić information content (AvgIpc) is 2.48. The Hall–Kier alpha value is -0.530. The molecule has 13 heavy (non-hydrogen) atoms. The van der Waals surface area contributed by atoms with Crippen molar-refractivity contribution in [3.8, 4) is 0 Å². The quantitative estimate of drug-likeness (QED) is 0.636. The summed E-state index contributed by atoms with van der Waals surface area (Å²) in [5, 5.41) is 0. The zero-order chi connectivity index (χ0) is 9.26. The van der Waals surface area contributed by atoms with E-state index in [1.165, 1.54) is 38.2 Å². The summed E-state index contributed by atoms with van der Waals surface area (Å²) >= 11 is 0. The lowest BCUT2D eigenvalue weighted by Crippen LogP contribution is -2.33. The predicted molar refractivity (Wildman–Crippen MR) is 56.1 cm³/mol. The van der Waals surface area contributed by atoms with Gasteiger partial charge in [-0.2, -0.15) is 0 Å². The maximum atomic E-state index is 4.67. The van der Waals surface area contributed by atoms with Crippen molar-refractivity contribution >= 4 is 5.84 Å². The first kappa shape index (κ1) is 9.04. The van der Waals surface area contributed by atoms with Crippen LogP contribution in [0.2, 0.25) is 0 Å². The van der Waals surface area contributed by atoms with Crippen LogP contribution < -0.4 is 0 Å². The van der Waals surface area contributed by atoms with E-state index in [-0.39, 0.29) is 0 Å². The Balaban J connectivity index is 2.02. The van der Waals surface area contributed by atoms with Gasteiger partial charge in [0.05, 0.1) is 0 Å². The van der Waals surface area contributed by atoms with Crippen molar-refractivity contribution < 1.29 is 0 Å². The van der Waals surface area contributed by atoms with E-state index in [2.05, 4.69) is 23.7 Å². The van der Waals surface area contributed by atoms with Crippen molar-refractivity contribution in [2.75, 3.05) is 19.6 Å². The van der Waals surface area contributed by atoms with Crippen molar-refractivity contribution in [3.63, 3.8) is 0 Å². The fourth-order valence-corrected chi connectivity index (χ4v) is 2.52. The van der Waals surface area contributed by atoms with Gasteiger partial charge >= 0.3 is 0 Å². The summed E-state index contributed by atoms with van der Waals surface area (Å²) in [5.41, 5.74) is 0. The van der Waals surface area contributed by atoms with Gasteiger partial charge in [0.2, 0.25) is 0 Å². The molecule has 0 aromatic carbocycles. The molecule has 2 rings (SSSR count). The zero-order valence-electron chi connectivity index (χ0n) is 8.79. The molecule has 0 amide bonds. The number of nitrogens with zero attached hydrogens (tertiary/aromatic N) is 2. The van der Waals surface area contributed by atoms with Crippen molar-refractivity contribution in [3.05, 3.63) is 0 Å². The van der Waals surface area contributed by atoms with E-state index in [9.17, 15) is 0 Å². The molecule has 0 aliphatic carbocycles. The summed E-state index contributed by atoms with van der Waals surface area (Å²) in [6.07, 6.45) is 3.93. The fraction of sp³-hybridized carbons (Fsp3) is 0.909. The smallest absolute Gasteiger partial charge is 0.102 e. The molecule has 0 saturated carbocycles. The molecule has 2 aliphatic heterocycles. The molecule has 1 fully saturated rings. The van der Waals surface area contributed by atoms with Gasteiger partial charge in [0.1, 0.15) is 5.84 Å². The largest absolute Gasteiger partial charge is 0.360 e. The summed E-state index contributed by atoms with van der Waals surface area (Å²) in [5.74, 6) is 3.02. The third kappa shape index (κ3) is 1.87. The summed E-state index contributed by atoms with van der Waals surface area (Å²) in [6, 6.07) is 0. The highest BCUT2D eigenvalue weighted by Gasteiger charge is 2.30. The third-order valence-corrected chi connectivity index (χ3v) is 3.05. The highest BCUT2D eigenvalue weighted by Crippen LogP contribution is 2.27. The lowest BCUT2D eigenvalue weighted by Gasteiger charge is -2.25. The Morgan fingerprint density at radius 3 is 3.08 bits per heavy atom. The van der Waals surface area contributed by atoms with E-state index in [0.29, 0.717) is 0 Å². The average molecular weight is 180 g/mol. The topological polar surface area (TPSA) is 15.6 Å². The van der Waals surface area contributed by atoms with Gasteiger partial charge in [-0.05, 0) is 25.2 Å². The second-order valence-corrected chi connectivity index (χ2v) is 4.70. The van der Waals surface area contributed by atoms with Crippen molar-refractivity contribution in [2.24, 2.45) is 16.8 Å². The number of hydrogen-bond donors (Lipinski definition) is 0. The Bertz CT molecular complexity index is 208. The van der Waals surface area contributed by atoms with Crippen LogP contribution in [-0.4, -0.2) is 30.4 Å². The van der Waals surface area contributed by atoms with Gasteiger partial charge in [-0.1, -0.05) is 13.8 Å². The van der Waals surface area contributed by atoms with E-state index < -0.39 is 0 Å². The maximum Gasteiger partial charge on any atom is 0.102 e. The molecule has 0 aromatic rings. The molecular weight excluding hydrogens is 160 g/mol. The van der Waals surface area contributed by atoms with Gasteiger partial charge in [0, 0.05) is 25.6 Å². The minimum atomic E-state index is 0.778. The van der Waals surface area contributed by atoms with Gasteiger partial charge in [0.25, 0.3) is 0 Å². The monoisotopic (exact) mass is 180 g/mol. The number of rotatable bonds is 2. The lowest BCUT2D eigenvalue weighted by atomic mass is 9.95. The molecule has 1 atom stereocenters. The van der Waals surface area contributed by atoms with Crippen molar-refractivity contribution in [1.29, 1.82) is 0 Å². The maximum absolute atomic E-state index is 4.67.